The second kappa shape index (κ2) is 8.67. The van der Waals surface area contributed by atoms with Gasteiger partial charge in [0.15, 0.2) is 15.8 Å². The summed E-state index contributed by atoms with van der Waals surface area (Å²) in [5.74, 6) is 0.630. The van der Waals surface area contributed by atoms with Crippen molar-refractivity contribution < 1.29 is 19.1 Å². The molecule has 2 aromatic rings. The van der Waals surface area contributed by atoms with E-state index in [0.717, 1.165) is 45.8 Å². The third-order valence-corrected chi connectivity index (χ3v) is 6.24. The number of aryl methyl sites for hydroxylation is 2. The molecule has 4 rings (SSSR count). The van der Waals surface area contributed by atoms with Gasteiger partial charge in [0.05, 0.1) is 15.5 Å². The summed E-state index contributed by atoms with van der Waals surface area (Å²) in [6.45, 7) is 2.12. The minimum atomic E-state index is -0.488. The number of carbonyl (C=O) groups is 2. The molecule has 0 radical (unpaired) electrons. The lowest BCUT2D eigenvalue weighted by Crippen LogP contribution is -2.44. The summed E-state index contributed by atoms with van der Waals surface area (Å²) < 4.78 is 11.0. The van der Waals surface area contributed by atoms with E-state index >= 15 is 0 Å². The van der Waals surface area contributed by atoms with E-state index in [1.54, 1.807) is 18.2 Å². The Kier molecular flexibility index (Phi) is 5.99. The van der Waals surface area contributed by atoms with Gasteiger partial charge in [0.1, 0.15) is 0 Å². The van der Waals surface area contributed by atoms with Gasteiger partial charge in [0.25, 0.3) is 11.8 Å². The highest BCUT2D eigenvalue weighted by Gasteiger charge is 2.33. The summed E-state index contributed by atoms with van der Waals surface area (Å²) in [7, 11) is 0. The van der Waals surface area contributed by atoms with E-state index in [0.29, 0.717) is 16.3 Å². The molecule has 9 heteroatoms. The lowest BCUT2D eigenvalue weighted by atomic mass is 10.1. The third-order valence-electron chi connectivity index (χ3n) is 4.58. The quantitative estimate of drug-likeness (QED) is 0.527. The number of amides is 2. The van der Waals surface area contributed by atoms with Crippen molar-refractivity contribution in [3.05, 3.63) is 69.1 Å². The van der Waals surface area contributed by atoms with Crippen molar-refractivity contribution in [3.8, 4) is 11.5 Å². The predicted octanol–water partition coefficient (Wildman–Crippen LogP) is 4.40. The van der Waals surface area contributed by atoms with Crippen molar-refractivity contribution in [2.45, 2.75) is 19.8 Å². The summed E-state index contributed by atoms with van der Waals surface area (Å²) in [6.07, 6.45) is 3.20. The number of thioether (sulfide) groups is 1. The van der Waals surface area contributed by atoms with Crippen LogP contribution in [0.1, 0.15) is 27.9 Å². The fourth-order valence-corrected chi connectivity index (χ4v) is 4.54. The maximum absolute atomic E-state index is 12.7. The van der Waals surface area contributed by atoms with Crippen molar-refractivity contribution in [3.63, 3.8) is 0 Å². The Bertz CT molecular complexity index is 1090. The minimum absolute atomic E-state index is 0.237. The number of ether oxygens (including phenoxy) is 2. The van der Waals surface area contributed by atoms with Gasteiger partial charge in [-0.15, -0.1) is 0 Å². The Morgan fingerprint density at radius 3 is 2.87 bits per heavy atom. The topological polar surface area (TPSA) is 67.9 Å². The molecule has 1 N–H and O–H groups in total. The molecule has 0 aliphatic carbocycles. The molecule has 2 aromatic carbocycles. The number of benzene rings is 2. The van der Waals surface area contributed by atoms with Crippen LogP contribution in [0.25, 0.3) is 0 Å². The van der Waals surface area contributed by atoms with Crippen LogP contribution in [-0.4, -0.2) is 27.9 Å². The van der Waals surface area contributed by atoms with Gasteiger partial charge < -0.3 is 9.47 Å². The SMILES string of the molecule is Cc1ccc(C(=O)NN2C(=O)/C(=C/CCc3ccc4c(c3)OCO4)SC2=S)c(Cl)c1. The lowest BCUT2D eigenvalue weighted by Gasteiger charge is -2.16. The zero-order valence-corrected chi connectivity index (χ0v) is 18.3. The molecule has 1 saturated heterocycles. The van der Waals surface area contributed by atoms with Crippen LogP contribution in [0.15, 0.2) is 47.4 Å². The van der Waals surface area contributed by atoms with Crippen LogP contribution in [0.4, 0.5) is 0 Å². The summed E-state index contributed by atoms with van der Waals surface area (Å²) in [5, 5.41) is 1.41. The highest BCUT2D eigenvalue weighted by atomic mass is 35.5. The average Bonchev–Trinajstić information content (AvgIpc) is 3.27. The third kappa shape index (κ3) is 4.30. The molecule has 2 aliphatic rings. The molecule has 0 unspecified atom stereocenters. The zero-order chi connectivity index (χ0) is 21.3. The molecule has 0 bridgehead atoms. The number of rotatable bonds is 5. The molecular weight excluding hydrogens is 444 g/mol. The highest BCUT2D eigenvalue weighted by molar-refractivity contribution is 8.26. The van der Waals surface area contributed by atoms with Crippen LogP contribution in [0.2, 0.25) is 5.02 Å². The number of halogens is 1. The van der Waals surface area contributed by atoms with Crippen molar-refractivity contribution in [1.82, 2.24) is 10.4 Å². The number of nitrogens with one attached hydrogen (secondary N) is 1. The molecule has 6 nitrogen and oxygen atoms in total. The molecule has 0 aromatic heterocycles. The predicted molar refractivity (Wildman–Crippen MR) is 120 cm³/mol. The number of carbonyl (C=O) groups excluding carboxylic acids is 2. The molecule has 1 fully saturated rings. The normalized spacial score (nSPS) is 16.5. The molecule has 154 valence electrons. The number of fused-ring (bicyclic) bond motifs is 1. The van der Waals surface area contributed by atoms with E-state index in [1.165, 1.54) is 0 Å². The molecule has 0 atom stereocenters. The van der Waals surface area contributed by atoms with E-state index in [2.05, 4.69) is 5.43 Å². The van der Waals surface area contributed by atoms with Gasteiger partial charge in [-0.25, -0.2) is 0 Å². The van der Waals surface area contributed by atoms with Gasteiger partial charge in [0, 0.05) is 0 Å². The van der Waals surface area contributed by atoms with Crippen molar-refractivity contribution in [2.24, 2.45) is 0 Å². The second-order valence-corrected chi connectivity index (χ2v) is 8.81. The molecule has 2 heterocycles. The van der Waals surface area contributed by atoms with E-state index in [-0.39, 0.29) is 22.6 Å². The first kappa shape index (κ1) is 20.7. The number of thiocarbonyl (C=S) groups is 1. The van der Waals surface area contributed by atoms with Crippen LogP contribution >= 0.6 is 35.6 Å². The summed E-state index contributed by atoms with van der Waals surface area (Å²) >= 11 is 12.6. The molecule has 2 aliphatic heterocycles. The maximum atomic E-state index is 12.7. The summed E-state index contributed by atoms with van der Waals surface area (Å²) in [5.41, 5.74) is 4.84. The Balaban J connectivity index is 1.39. The fourth-order valence-electron chi connectivity index (χ4n) is 3.03. The molecule has 0 saturated carbocycles. The average molecular weight is 461 g/mol. The Morgan fingerprint density at radius 2 is 2.07 bits per heavy atom. The summed E-state index contributed by atoms with van der Waals surface area (Å²) in [4.78, 5) is 25.7. The molecule has 30 heavy (non-hydrogen) atoms. The van der Waals surface area contributed by atoms with Crippen molar-refractivity contribution in [1.29, 1.82) is 0 Å². The van der Waals surface area contributed by atoms with Crippen LogP contribution in [0, 0.1) is 6.92 Å². The van der Waals surface area contributed by atoms with Gasteiger partial charge in [0.2, 0.25) is 6.79 Å². The highest BCUT2D eigenvalue weighted by Crippen LogP contribution is 2.34. The van der Waals surface area contributed by atoms with Gasteiger partial charge in [-0.05, 0) is 67.4 Å². The van der Waals surface area contributed by atoms with Gasteiger partial charge >= 0.3 is 0 Å². The van der Waals surface area contributed by atoms with Crippen molar-refractivity contribution in [2.75, 3.05) is 6.79 Å². The fraction of sp³-hybridized carbons (Fsp3) is 0.190. The van der Waals surface area contributed by atoms with E-state index in [4.69, 9.17) is 33.3 Å². The number of hydrogen-bond acceptors (Lipinski definition) is 6. The number of hydrogen-bond donors (Lipinski definition) is 1. The van der Waals surface area contributed by atoms with E-state index < -0.39 is 5.91 Å². The van der Waals surface area contributed by atoms with E-state index in [9.17, 15) is 9.59 Å². The monoisotopic (exact) mass is 460 g/mol. The molecule has 0 spiro atoms. The van der Waals surface area contributed by atoms with Crippen LogP contribution in [0.5, 0.6) is 11.5 Å². The number of hydrazine groups is 1. The Labute approximate surface area is 188 Å². The first-order valence-corrected chi connectivity index (χ1v) is 10.7. The smallest absolute Gasteiger partial charge is 0.284 e. The van der Waals surface area contributed by atoms with Crippen molar-refractivity contribution >= 4 is 51.7 Å². The van der Waals surface area contributed by atoms with Gasteiger partial charge in [-0.2, -0.15) is 5.01 Å². The van der Waals surface area contributed by atoms with Crippen LogP contribution in [0.3, 0.4) is 0 Å². The van der Waals surface area contributed by atoms with Gasteiger partial charge in [-0.1, -0.05) is 41.6 Å². The summed E-state index contributed by atoms with van der Waals surface area (Å²) in [6, 6.07) is 10.9. The Morgan fingerprint density at radius 1 is 1.27 bits per heavy atom. The first-order chi connectivity index (χ1) is 14.4. The standard InChI is InChI=1S/C21H17ClN2O4S2/c1-12-5-7-14(15(22)9-12)19(25)23-24-20(26)18(30-21(24)29)4-2-3-13-6-8-16-17(10-13)28-11-27-16/h4-10H,2-3,11H2,1H3,(H,23,25)/b18-4-. The first-order valence-electron chi connectivity index (χ1n) is 9.14. The molecular formula is C21H17ClN2O4S2. The zero-order valence-electron chi connectivity index (χ0n) is 15.9. The maximum Gasteiger partial charge on any atom is 0.284 e. The Hall–Kier alpha value is -2.55. The van der Waals surface area contributed by atoms with Crippen LogP contribution < -0.4 is 14.9 Å². The molecule has 2 amide bonds. The van der Waals surface area contributed by atoms with E-state index in [1.807, 2.05) is 31.2 Å². The minimum Gasteiger partial charge on any atom is -0.454 e. The lowest BCUT2D eigenvalue weighted by molar-refractivity contribution is -0.123. The van der Waals surface area contributed by atoms with Gasteiger partial charge in [-0.3, -0.25) is 15.0 Å². The van der Waals surface area contributed by atoms with Crippen LogP contribution in [-0.2, 0) is 11.2 Å². The second-order valence-electron chi connectivity index (χ2n) is 6.73. The number of nitrogens with zero attached hydrogens (tertiary/aromatic N) is 1. The largest absolute Gasteiger partial charge is 0.454 e. The number of allylic oxidation sites excluding steroid dienone is 1.